The quantitative estimate of drug-likeness (QED) is 0.787. The first-order valence-electron chi connectivity index (χ1n) is 7.56. The van der Waals surface area contributed by atoms with Crippen LogP contribution in [0.15, 0.2) is 36.7 Å². The molecule has 7 nitrogen and oxygen atoms in total. The first-order valence-corrected chi connectivity index (χ1v) is 7.94. The number of halogens is 1. The topological polar surface area (TPSA) is 79.7 Å². The number of fused-ring (bicyclic) bond motifs is 1. The highest BCUT2D eigenvalue weighted by Gasteiger charge is 2.37. The van der Waals surface area contributed by atoms with Crippen molar-refractivity contribution >= 4 is 17.5 Å². The molecule has 0 spiro atoms. The second kappa shape index (κ2) is 5.76. The largest absolute Gasteiger partial charge is 0.325 e. The molecule has 1 aliphatic rings. The molecular formula is C16H15ClN6O. The van der Waals surface area contributed by atoms with Gasteiger partial charge in [-0.2, -0.15) is 20.5 Å². The van der Waals surface area contributed by atoms with E-state index >= 15 is 0 Å². The summed E-state index contributed by atoms with van der Waals surface area (Å²) < 4.78 is 1.75. The summed E-state index contributed by atoms with van der Waals surface area (Å²) in [5, 5.41) is 15.3. The molecule has 1 amide bonds. The van der Waals surface area contributed by atoms with Crippen LogP contribution in [0.1, 0.15) is 33.4 Å². The number of aromatic amines is 1. The van der Waals surface area contributed by atoms with Gasteiger partial charge in [0.2, 0.25) is 0 Å². The zero-order valence-electron chi connectivity index (χ0n) is 13.0. The Morgan fingerprint density at radius 1 is 1.29 bits per heavy atom. The zero-order valence-corrected chi connectivity index (χ0v) is 13.7. The second-order valence-electron chi connectivity index (χ2n) is 5.76. The number of carbonyl (C=O) groups excluding carboxylic acids is 1. The molecule has 3 aromatic rings. The third-order valence-corrected chi connectivity index (χ3v) is 4.70. The van der Waals surface area contributed by atoms with Gasteiger partial charge in [-0.1, -0.05) is 29.8 Å². The summed E-state index contributed by atoms with van der Waals surface area (Å²) in [6, 6.07) is 7.57. The van der Waals surface area contributed by atoms with Gasteiger partial charge in [-0.3, -0.25) is 9.48 Å². The van der Waals surface area contributed by atoms with Crippen molar-refractivity contribution in [3.63, 3.8) is 0 Å². The monoisotopic (exact) mass is 342 g/mol. The first-order chi connectivity index (χ1) is 11.6. The molecule has 8 heteroatoms. The average molecular weight is 343 g/mol. The van der Waals surface area contributed by atoms with E-state index in [0.717, 1.165) is 22.5 Å². The molecule has 1 atom stereocenters. The summed E-state index contributed by atoms with van der Waals surface area (Å²) in [6.45, 7) is 0.393. The number of amides is 1. The highest BCUT2D eigenvalue weighted by molar-refractivity contribution is 6.31. The first kappa shape index (κ1) is 14.9. The predicted octanol–water partition coefficient (Wildman–Crippen LogP) is 2.13. The van der Waals surface area contributed by atoms with E-state index in [9.17, 15) is 4.79 Å². The Morgan fingerprint density at radius 2 is 2.12 bits per heavy atom. The molecule has 3 heterocycles. The molecule has 0 aliphatic carbocycles. The lowest BCUT2D eigenvalue weighted by Crippen LogP contribution is -2.29. The number of aromatic nitrogens is 5. The van der Waals surface area contributed by atoms with Crippen LogP contribution in [0.5, 0.6) is 0 Å². The predicted molar refractivity (Wildman–Crippen MR) is 87.4 cm³/mol. The van der Waals surface area contributed by atoms with Gasteiger partial charge in [0.25, 0.3) is 5.91 Å². The number of carbonyl (C=O) groups is 1. The Hall–Kier alpha value is -2.67. The SMILES string of the molecule is Cn1ncc(Cl)c1CC1c2ccccc2C(=O)N1Cc1cn[nH]n1. The van der Waals surface area contributed by atoms with Gasteiger partial charge in [0, 0.05) is 19.0 Å². The molecule has 122 valence electrons. The van der Waals surface area contributed by atoms with Crippen molar-refractivity contribution in [1.29, 1.82) is 0 Å². The minimum Gasteiger partial charge on any atom is -0.325 e. The standard InChI is InChI=1S/C16H15ClN6O/c1-22-15(13(17)8-19-22)6-14-11-4-2-3-5-12(11)16(24)23(14)9-10-7-18-21-20-10/h2-5,7-8,14H,6,9H2,1H3,(H,18,20,21). The van der Waals surface area contributed by atoms with Crippen LogP contribution in [0.2, 0.25) is 5.02 Å². The van der Waals surface area contributed by atoms with Gasteiger partial charge in [0.15, 0.2) is 0 Å². The van der Waals surface area contributed by atoms with Gasteiger partial charge in [0.05, 0.1) is 35.7 Å². The van der Waals surface area contributed by atoms with E-state index in [1.807, 2.05) is 36.2 Å². The van der Waals surface area contributed by atoms with Crippen molar-refractivity contribution < 1.29 is 4.79 Å². The van der Waals surface area contributed by atoms with Gasteiger partial charge >= 0.3 is 0 Å². The third-order valence-electron chi connectivity index (χ3n) is 4.38. The van der Waals surface area contributed by atoms with Crippen molar-refractivity contribution in [2.45, 2.75) is 19.0 Å². The maximum absolute atomic E-state index is 12.8. The number of rotatable bonds is 4. The fourth-order valence-electron chi connectivity index (χ4n) is 3.17. The molecule has 24 heavy (non-hydrogen) atoms. The van der Waals surface area contributed by atoms with Crippen molar-refractivity contribution in [3.8, 4) is 0 Å². The van der Waals surface area contributed by atoms with Crippen LogP contribution in [0.3, 0.4) is 0 Å². The minimum atomic E-state index is -0.113. The van der Waals surface area contributed by atoms with Crippen LogP contribution in [0.25, 0.3) is 0 Å². The Bertz CT molecular complexity index is 868. The van der Waals surface area contributed by atoms with E-state index < -0.39 is 0 Å². The van der Waals surface area contributed by atoms with E-state index in [1.54, 1.807) is 17.1 Å². The van der Waals surface area contributed by atoms with Crippen molar-refractivity contribution in [2.75, 3.05) is 0 Å². The maximum atomic E-state index is 12.8. The fraction of sp³-hybridized carbons (Fsp3) is 0.250. The molecule has 0 radical (unpaired) electrons. The van der Waals surface area contributed by atoms with Gasteiger partial charge in [0.1, 0.15) is 5.69 Å². The summed E-state index contributed by atoms with van der Waals surface area (Å²) in [4.78, 5) is 14.7. The fourth-order valence-corrected chi connectivity index (χ4v) is 3.42. The van der Waals surface area contributed by atoms with E-state index in [1.165, 1.54) is 0 Å². The Labute approximate surface area is 143 Å². The summed E-state index contributed by atoms with van der Waals surface area (Å²) in [7, 11) is 1.85. The van der Waals surface area contributed by atoms with Crippen molar-refractivity contribution in [1.82, 2.24) is 30.1 Å². The van der Waals surface area contributed by atoms with Crippen molar-refractivity contribution in [3.05, 3.63) is 64.2 Å². The number of nitrogens with zero attached hydrogens (tertiary/aromatic N) is 5. The van der Waals surface area contributed by atoms with Crippen LogP contribution < -0.4 is 0 Å². The van der Waals surface area contributed by atoms with Gasteiger partial charge in [-0.15, -0.1) is 0 Å². The molecule has 1 N–H and O–H groups in total. The molecule has 1 aliphatic heterocycles. The molecule has 0 fully saturated rings. The molecule has 4 rings (SSSR count). The normalized spacial score (nSPS) is 16.7. The lowest BCUT2D eigenvalue weighted by Gasteiger charge is -2.24. The number of H-pyrrole nitrogens is 1. The van der Waals surface area contributed by atoms with Crippen LogP contribution in [-0.2, 0) is 20.0 Å². The van der Waals surface area contributed by atoms with Crippen LogP contribution >= 0.6 is 11.6 Å². The maximum Gasteiger partial charge on any atom is 0.255 e. The Balaban J connectivity index is 1.73. The van der Waals surface area contributed by atoms with Gasteiger partial charge in [-0.05, 0) is 11.6 Å². The lowest BCUT2D eigenvalue weighted by molar-refractivity contribution is 0.0705. The minimum absolute atomic E-state index is 0.00288. The van der Waals surface area contributed by atoms with Crippen LogP contribution in [0, 0.1) is 0 Å². The molecule has 0 saturated heterocycles. The van der Waals surface area contributed by atoms with E-state index in [4.69, 9.17) is 11.6 Å². The van der Waals surface area contributed by atoms with E-state index in [-0.39, 0.29) is 11.9 Å². The summed E-state index contributed by atoms with van der Waals surface area (Å²) in [5.41, 5.74) is 3.35. The number of benzene rings is 1. The Kier molecular flexibility index (Phi) is 3.57. The smallest absolute Gasteiger partial charge is 0.255 e. The summed E-state index contributed by atoms with van der Waals surface area (Å²) in [5.74, 6) is -0.00288. The van der Waals surface area contributed by atoms with Crippen molar-refractivity contribution in [2.24, 2.45) is 7.05 Å². The van der Waals surface area contributed by atoms with E-state index in [0.29, 0.717) is 18.0 Å². The highest BCUT2D eigenvalue weighted by Crippen LogP contribution is 2.37. The van der Waals surface area contributed by atoms with Gasteiger partial charge < -0.3 is 4.90 Å². The summed E-state index contributed by atoms with van der Waals surface area (Å²) >= 11 is 6.26. The van der Waals surface area contributed by atoms with Crippen LogP contribution in [0.4, 0.5) is 0 Å². The molecule has 1 aromatic carbocycles. The molecule has 0 bridgehead atoms. The molecule has 0 saturated carbocycles. The third kappa shape index (κ3) is 2.37. The number of nitrogens with one attached hydrogen (secondary N) is 1. The van der Waals surface area contributed by atoms with Crippen LogP contribution in [-0.4, -0.2) is 36.0 Å². The van der Waals surface area contributed by atoms with Gasteiger partial charge in [-0.25, -0.2) is 0 Å². The molecular weight excluding hydrogens is 328 g/mol. The lowest BCUT2D eigenvalue weighted by atomic mass is 10.0. The Morgan fingerprint density at radius 3 is 2.83 bits per heavy atom. The van der Waals surface area contributed by atoms with E-state index in [2.05, 4.69) is 20.5 Å². The second-order valence-corrected chi connectivity index (χ2v) is 6.17. The average Bonchev–Trinajstić information content (AvgIpc) is 3.27. The molecule has 2 aromatic heterocycles. The molecule has 1 unspecified atom stereocenters. The summed E-state index contributed by atoms with van der Waals surface area (Å²) in [6.07, 6.45) is 3.85. The highest BCUT2D eigenvalue weighted by atomic mass is 35.5. The number of aryl methyl sites for hydroxylation is 1. The zero-order chi connectivity index (χ0) is 16.7. The number of hydrogen-bond acceptors (Lipinski definition) is 4. The number of hydrogen-bond donors (Lipinski definition) is 1.